The maximum Gasteiger partial charge on any atom is 0.0594 e. The predicted molar refractivity (Wildman–Crippen MR) is 74.8 cm³/mol. The number of benzene rings is 1. The van der Waals surface area contributed by atoms with Crippen molar-refractivity contribution in [1.82, 2.24) is 4.90 Å². The Bertz CT molecular complexity index is 344. The summed E-state index contributed by atoms with van der Waals surface area (Å²) < 4.78 is 5.39. The highest BCUT2D eigenvalue weighted by Gasteiger charge is 2.19. The highest BCUT2D eigenvalue weighted by Crippen LogP contribution is 2.12. The van der Waals surface area contributed by atoms with Gasteiger partial charge in [-0.1, -0.05) is 31.2 Å². The lowest BCUT2D eigenvalue weighted by atomic mass is 10.0. The second kappa shape index (κ2) is 6.88. The van der Waals surface area contributed by atoms with E-state index in [1.54, 1.807) is 0 Å². The van der Waals surface area contributed by atoms with Gasteiger partial charge >= 0.3 is 0 Å². The predicted octanol–water partition coefficient (Wildman–Crippen LogP) is 1.45. The first-order chi connectivity index (χ1) is 8.83. The molecule has 1 aliphatic heterocycles. The Morgan fingerprint density at radius 2 is 1.78 bits per heavy atom. The molecular weight excluding hydrogens is 224 g/mol. The van der Waals surface area contributed by atoms with E-state index in [0.717, 1.165) is 45.7 Å². The van der Waals surface area contributed by atoms with Crippen LogP contribution < -0.4 is 5.73 Å². The van der Waals surface area contributed by atoms with Gasteiger partial charge in [-0.15, -0.1) is 0 Å². The van der Waals surface area contributed by atoms with Crippen molar-refractivity contribution in [2.24, 2.45) is 5.73 Å². The highest BCUT2D eigenvalue weighted by molar-refractivity contribution is 5.23. The smallest absolute Gasteiger partial charge is 0.0594 e. The fourth-order valence-electron chi connectivity index (χ4n) is 2.49. The molecule has 1 heterocycles. The van der Waals surface area contributed by atoms with Crippen LogP contribution in [0.1, 0.15) is 18.1 Å². The molecule has 0 radical (unpaired) electrons. The van der Waals surface area contributed by atoms with Gasteiger partial charge in [-0.3, -0.25) is 4.90 Å². The minimum atomic E-state index is 0.446. The lowest BCUT2D eigenvalue weighted by Gasteiger charge is -2.33. The number of hydrogen-bond donors (Lipinski definition) is 1. The Hall–Kier alpha value is -0.900. The number of hydrogen-bond acceptors (Lipinski definition) is 3. The van der Waals surface area contributed by atoms with E-state index in [1.807, 2.05) is 0 Å². The van der Waals surface area contributed by atoms with Crippen LogP contribution in [0.4, 0.5) is 0 Å². The minimum Gasteiger partial charge on any atom is -0.379 e. The van der Waals surface area contributed by atoms with Crippen LogP contribution in [0.2, 0.25) is 0 Å². The molecule has 1 unspecified atom stereocenters. The van der Waals surface area contributed by atoms with E-state index in [4.69, 9.17) is 10.5 Å². The van der Waals surface area contributed by atoms with Crippen molar-refractivity contribution in [1.29, 1.82) is 0 Å². The van der Waals surface area contributed by atoms with E-state index in [0.29, 0.717) is 6.04 Å². The van der Waals surface area contributed by atoms with Gasteiger partial charge in [0.1, 0.15) is 0 Å². The minimum absolute atomic E-state index is 0.446. The highest BCUT2D eigenvalue weighted by atomic mass is 16.5. The summed E-state index contributed by atoms with van der Waals surface area (Å²) in [4.78, 5) is 2.46. The molecule has 0 saturated carbocycles. The number of aryl methyl sites for hydroxylation is 1. The second-order valence-corrected chi connectivity index (χ2v) is 4.91. The summed E-state index contributed by atoms with van der Waals surface area (Å²) in [5, 5.41) is 0. The molecule has 1 fully saturated rings. The summed E-state index contributed by atoms with van der Waals surface area (Å²) in [6, 6.07) is 9.37. The van der Waals surface area contributed by atoms with Crippen LogP contribution in [0.15, 0.2) is 24.3 Å². The molecule has 18 heavy (non-hydrogen) atoms. The summed E-state index contributed by atoms with van der Waals surface area (Å²) in [5.74, 6) is 0. The Morgan fingerprint density at radius 3 is 2.33 bits per heavy atom. The largest absolute Gasteiger partial charge is 0.379 e. The van der Waals surface area contributed by atoms with Gasteiger partial charge in [0.15, 0.2) is 0 Å². The van der Waals surface area contributed by atoms with E-state index in [-0.39, 0.29) is 0 Å². The average Bonchev–Trinajstić information content (AvgIpc) is 2.46. The van der Waals surface area contributed by atoms with Gasteiger partial charge in [0.2, 0.25) is 0 Å². The molecule has 3 nitrogen and oxygen atoms in total. The van der Waals surface area contributed by atoms with Gasteiger partial charge in [0, 0.05) is 25.7 Å². The van der Waals surface area contributed by atoms with Gasteiger partial charge in [-0.25, -0.2) is 0 Å². The zero-order chi connectivity index (χ0) is 12.8. The van der Waals surface area contributed by atoms with Gasteiger partial charge in [-0.2, -0.15) is 0 Å². The van der Waals surface area contributed by atoms with E-state index in [2.05, 4.69) is 36.1 Å². The van der Waals surface area contributed by atoms with Gasteiger partial charge < -0.3 is 10.5 Å². The van der Waals surface area contributed by atoms with Crippen molar-refractivity contribution in [2.45, 2.75) is 25.8 Å². The monoisotopic (exact) mass is 248 g/mol. The maximum atomic E-state index is 5.93. The van der Waals surface area contributed by atoms with Crippen molar-refractivity contribution < 1.29 is 4.74 Å². The fraction of sp³-hybridized carbons (Fsp3) is 0.600. The molecular formula is C15H24N2O. The van der Waals surface area contributed by atoms with Gasteiger partial charge in [0.25, 0.3) is 0 Å². The molecule has 100 valence electrons. The van der Waals surface area contributed by atoms with E-state index in [1.165, 1.54) is 11.1 Å². The number of nitrogens with two attached hydrogens (primary N) is 1. The molecule has 0 bridgehead atoms. The van der Waals surface area contributed by atoms with Crippen molar-refractivity contribution in [3.8, 4) is 0 Å². The first kappa shape index (κ1) is 13.5. The lowest BCUT2D eigenvalue weighted by molar-refractivity contribution is 0.0184. The fourth-order valence-corrected chi connectivity index (χ4v) is 2.49. The molecule has 1 aliphatic rings. The van der Waals surface area contributed by atoms with Crippen LogP contribution >= 0.6 is 0 Å². The third kappa shape index (κ3) is 3.55. The quantitative estimate of drug-likeness (QED) is 0.857. The molecule has 0 aromatic heterocycles. The van der Waals surface area contributed by atoms with Gasteiger partial charge in [-0.05, 0) is 24.0 Å². The molecule has 0 aliphatic carbocycles. The van der Waals surface area contributed by atoms with E-state index in [9.17, 15) is 0 Å². The zero-order valence-corrected chi connectivity index (χ0v) is 11.3. The second-order valence-electron chi connectivity index (χ2n) is 4.91. The normalized spacial score (nSPS) is 18.8. The summed E-state index contributed by atoms with van der Waals surface area (Å²) in [6.45, 7) is 6.60. The van der Waals surface area contributed by atoms with Gasteiger partial charge in [0.05, 0.1) is 13.2 Å². The summed E-state index contributed by atoms with van der Waals surface area (Å²) in [6.07, 6.45) is 2.14. The van der Waals surface area contributed by atoms with Crippen molar-refractivity contribution in [3.63, 3.8) is 0 Å². The molecule has 0 amide bonds. The summed E-state index contributed by atoms with van der Waals surface area (Å²) >= 11 is 0. The Balaban J connectivity index is 1.95. The number of rotatable bonds is 5. The van der Waals surface area contributed by atoms with Crippen molar-refractivity contribution in [3.05, 3.63) is 35.4 Å². The SMILES string of the molecule is CCc1ccc(CC(CN)N2CCOCC2)cc1. The third-order valence-electron chi connectivity index (χ3n) is 3.74. The molecule has 1 atom stereocenters. The molecule has 1 aromatic rings. The van der Waals surface area contributed by atoms with Crippen LogP contribution in [-0.2, 0) is 17.6 Å². The molecule has 0 spiro atoms. The van der Waals surface area contributed by atoms with Crippen LogP contribution in [0.25, 0.3) is 0 Å². The molecule has 3 heteroatoms. The number of ether oxygens (including phenoxy) is 1. The standard InChI is InChI=1S/C15H24N2O/c1-2-13-3-5-14(6-4-13)11-15(12-16)17-7-9-18-10-8-17/h3-6,15H,2,7-12,16H2,1H3. The number of nitrogens with zero attached hydrogens (tertiary/aromatic N) is 1. The lowest BCUT2D eigenvalue weighted by Crippen LogP contribution is -2.47. The molecule has 1 saturated heterocycles. The van der Waals surface area contributed by atoms with Crippen LogP contribution in [0.5, 0.6) is 0 Å². The van der Waals surface area contributed by atoms with Crippen molar-refractivity contribution in [2.75, 3.05) is 32.8 Å². The third-order valence-corrected chi connectivity index (χ3v) is 3.74. The van der Waals surface area contributed by atoms with Crippen LogP contribution in [0, 0.1) is 0 Å². The molecule has 2 N–H and O–H groups in total. The summed E-state index contributed by atoms with van der Waals surface area (Å²) in [5.41, 5.74) is 8.71. The molecule has 2 rings (SSSR count). The van der Waals surface area contributed by atoms with E-state index >= 15 is 0 Å². The zero-order valence-electron chi connectivity index (χ0n) is 11.3. The average molecular weight is 248 g/mol. The maximum absolute atomic E-state index is 5.93. The van der Waals surface area contributed by atoms with Crippen molar-refractivity contribution >= 4 is 0 Å². The first-order valence-corrected chi connectivity index (χ1v) is 6.93. The topological polar surface area (TPSA) is 38.5 Å². The van der Waals surface area contributed by atoms with E-state index < -0.39 is 0 Å². The van der Waals surface area contributed by atoms with Crippen LogP contribution in [0.3, 0.4) is 0 Å². The molecule has 1 aromatic carbocycles. The summed E-state index contributed by atoms with van der Waals surface area (Å²) in [7, 11) is 0. The number of morpholine rings is 1. The Labute approximate surface area is 110 Å². The van der Waals surface area contributed by atoms with Crippen LogP contribution in [-0.4, -0.2) is 43.8 Å². The Kier molecular flexibility index (Phi) is 5.17. The Morgan fingerprint density at radius 1 is 1.17 bits per heavy atom. The first-order valence-electron chi connectivity index (χ1n) is 6.93.